The summed E-state index contributed by atoms with van der Waals surface area (Å²) >= 11 is 0. The minimum atomic E-state index is 0.368. The van der Waals surface area contributed by atoms with Gasteiger partial charge in [-0.05, 0) is 44.0 Å². The molecule has 1 aliphatic heterocycles. The molecule has 1 aromatic rings. The standard InChI is InChI=1S/C14H22N2O/c1-11(16-10-13-6-4-8-15-13)12-5-3-7-14(9-12)17-2/h3,5,7,9,11,13,15-16H,4,6,8,10H2,1-2H3/t11-,13?/m0/s1. The van der Waals surface area contributed by atoms with Crippen LogP contribution in [0, 0.1) is 0 Å². The van der Waals surface area contributed by atoms with Gasteiger partial charge in [-0.15, -0.1) is 0 Å². The predicted molar refractivity (Wildman–Crippen MR) is 70.4 cm³/mol. The molecule has 0 bridgehead atoms. The minimum Gasteiger partial charge on any atom is -0.497 e. The van der Waals surface area contributed by atoms with Crippen LogP contribution in [0.1, 0.15) is 31.4 Å². The van der Waals surface area contributed by atoms with Crippen molar-refractivity contribution in [2.45, 2.75) is 31.8 Å². The summed E-state index contributed by atoms with van der Waals surface area (Å²) in [6.45, 7) is 4.40. The van der Waals surface area contributed by atoms with Crippen LogP contribution in [0.4, 0.5) is 0 Å². The van der Waals surface area contributed by atoms with E-state index < -0.39 is 0 Å². The van der Waals surface area contributed by atoms with Gasteiger partial charge in [-0.3, -0.25) is 0 Å². The molecule has 0 saturated carbocycles. The van der Waals surface area contributed by atoms with E-state index in [2.05, 4.69) is 29.7 Å². The Morgan fingerprint density at radius 1 is 1.53 bits per heavy atom. The van der Waals surface area contributed by atoms with E-state index in [4.69, 9.17) is 4.74 Å². The van der Waals surface area contributed by atoms with Crippen molar-refractivity contribution in [3.63, 3.8) is 0 Å². The molecule has 3 heteroatoms. The van der Waals surface area contributed by atoms with Crippen LogP contribution >= 0.6 is 0 Å². The molecule has 0 aliphatic carbocycles. The van der Waals surface area contributed by atoms with Crippen LogP contribution in [0.25, 0.3) is 0 Å². The Hall–Kier alpha value is -1.06. The molecule has 0 aromatic heterocycles. The number of hydrogen-bond donors (Lipinski definition) is 2. The van der Waals surface area contributed by atoms with Crippen LogP contribution in [0.2, 0.25) is 0 Å². The lowest BCUT2D eigenvalue weighted by atomic mass is 10.1. The molecule has 17 heavy (non-hydrogen) atoms. The van der Waals surface area contributed by atoms with Gasteiger partial charge in [0.15, 0.2) is 0 Å². The summed E-state index contributed by atoms with van der Waals surface area (Å²) in [4.78, 5) is 0. The van der Waals surface area contributed by atoms with Crippen molar-refractivity contribution in [2.75, 3.05) is 20.2 Å². The molecule has 1 heterocycles. The van der Waals surface area contributed by atoms with E-state index in [0.29, 0.717) is 12.1 Å². The average Bonchev–Trinajstić information content (AvgIpc) is 2.89. The highest BCUT2D eigenvalue weighted by Crippen LogP contribution is 2.18. The third-order valence-corrected chi connectivity index (χ3v) is 3.43. The monoisotopic (exact) mass is 234 g/mol. The van der Waals surface area contributed by atoms with Gasteiger partial charge in [0.2, 0.25) is 0 Å². The van der Waals surface area contributed by atoms with Crippen molar-refractivity contribution < 1.29 is 4.74 Å². The largest absolute Gasteiger partial charge is 0.497 e. The normalized spacial score (nSPS) is 21.4. The first-order chi connectivity index (χ1) is 8.29. The second-order valence-electron chi connectivity index (χ2n) is 4.70. The van der Waals surface area contributed by atoms with Gasteiger partial charge in [0, 0.05) is 18.6 Å². The summed E-state index contributed by atoms with van der Waals surface area (Å²) in [7, 11) is 1.71. The van der Waals surface area contributed by atoms with Crippen molar-refractivity contribution in [3.05, 3.63) is 29.8 Å². The van der Waals surface area contributed by atoms with Crippen molar-refractivity contribution in [3.8, 4) is 5.75 Å². The molecule has 2 atom stereocenters. The van der Waals surface area contributed by atoms with Gasteiger partial charge in [0.05, 0.1) is 7.11 Å². The van der Waals surface area contributed by atoms with Gasteiger partial charge in [-0.1, -0.05) is 12.1 Å². The van der Waals surface area contributed by atoms with E-state index in [1.807, 2.05) is 12.1 Å². The maximum absolute atomic E-state index is 5.24. The Morgan fingerprint density at radius 2 is 2.41 bits per heavy atom. The van der Waals surface area contributed by atoms with Gasteiger partial charge >= 0.3 is 0 Å². The zero-order valence-electron chi connectivity index (χ0n) is 10.7. The summed E-state index contributed by atoms with van der Waals surface area (Å²) in [5.74, 6) is 0.926. The summed E-state index contributed by atoms with van der Waals surface area (Å²) in [6.07, 6.45) is 2.59. The summed E-state index contributed by atoms with van der Waals surface area (Å²) in [5, 5.41) is 7.07. The third-order valence-electron chi connectivity index (χ3n) is 3.43. The SMILES string of the molecule is COc1cccc([C@H](C)NCC2CCCN2)c1. The lowest BCUT2D eigenvalue weighted by Crippen LogP contribution is -2.35. The molecular formula is C14H22N2O. The highest BCUT2D eigenvalue weighted by Gasteiger charge is 2.15. The molecule has 94 valence electrons. The zero-order valence-corrected chi connectivity index (χ0v) is 10.7. The Labute approximate surface area is 104 Å². The number of methoxy groups -OCH3 is 1. The first-order valence-electron chi connectivity index (χ1n) is 6.40. The van der Waals surface area contributed by atoms with Crippen LogP contribution in [-0.2, 0) is 0 Å². The average molecular weight is 234 g/mol. The third kappa shape index (κ3) is 3.45. The maximum Gasteiger partial charge on any atom is 0.119 e. The number of rotatable bonds is 5. The second-order valence-corrected chi connectivity index (χ2v) is 4.70. The summed E-state index contributed by atoms with van der Waals surface area (Å²) in [5.41, 5.74) is 1.28. The molecule has 0 radical (unpaired) electrons. The van der Waals surface area contributed by atoms with Crippen LogP contribution in [-0.4, -0.2) is 26.2 Å². The first-order valence-corrected chi connectivity index (χ1v) is 6.40. The molecule has 2 N–H and O–H groups in total. The highest BCUT2D eigenvalue weighted by atomic mass is 16.5. The van der Waals surface area contributed by atoms with Gasteiger partial charge in [0.1, 0.15) is 5.75 Å². The van der Waals surface area contributed by atoms with Gasteiger partial charge in [0.25, 0.3) is 0 Å². The van der Waals surface area contributed by atoms with E-state index in [1.54, 1.807) is 7.11 Å². The second kappa shape index (κ2) is 6.03. The van der Waals surface area contributed by atoms with Crippen LogP contribution in [0.3, 0.4) is 0 Å². The smallest absolute Gasteiger partial charge is 0.119 e. The molecule has 2 rings (SSSR count). The van der Waals surface area contributed by atoms with Crippen LogP contribution in [0.15, 0.2) is 24.3 Å². The molecule has 0 amide bonds. The fourth-order valence-electron chi connectivity index (χ4n) is 2.28. The fourth-order valence-corrected chi connectivity index (χ4v) is 2.28. The fraction of sp³-hybridized carbons (Fsp3) is 0.571. The van der Waals surface area contributed by atoms with E-state index >= 15 is 0 Å². The van der Waals surface area contributed by atoms with Crippen molar-refractivity contribution in [2.24, 2.45) is 0 Å². The molecule has 0 spiro atoms. The molecule has 3 nitrogen and oxygen atoms in total. The first kappa shape index (κ1) is 12.4. The van der Waals surface area contributed by atoms with E-state index in [-0.39, 0.29) is 0 Å². The maximum atomic E-state index is 5.24. The quantitative estimate of drug-likeness (QED) is 0.818. The molecule has 1 saturated heterocycles. The van der Waals surface area contributed by atoms with Gasteiger partial charge in [-0.25, -0.2) is 0 Å². The van der Waals surface area contributed by atoms with E-state index in [0.717, 1.165) is 12.3 Å². The predicted octanol–water partition coefficient (Wildman–Crippen LogP) is 2.10. The lowest BCUT2D eigenvalue weighted by molar-refractivity contribution is 0.413. The summed E-state index contributed by atoms with van der Waals surface area (Å²) in [6, 6.07) is 9.27. The number of nitrogens with one attached hydrogen (secondary N) is 2. The highest BCUT2D eigenvalue weighted by molar-refractivity contribution is 5.30. The topological polar surface area (TPSA) is 33.3 Å². The zero-order chi connectivity index (χ0) is 12.1. The van der Waals surface area contributed by atoms with Crippen LogP contribution < -0.4 is 15.4 Å². The number of ether oxygens (including phenoxy) is 1. The molecule has 1 unspecified atom stereocenters. The Balaban J connectivity index is 1.87. The van der Waals surface area contributed by atoms with E-state index in [1.165, 1.54) is 24.9 Å². The van der Waals surface area contributed by atoms with Crippen molar-refractivity contribution in [1.82, 2.24) is 10.6 Å². The molecule has 1 aliphatic rings. The van der Waals surface area contributed by atoms with E-state index in [9.17, 15) is 0 Å². The Bertz CT molecular complexity index is 348. The Kier molecular flexibility index (Phi) is 4.40. The van der Waals surface area contributed by atoms with Gasteiger partial charge in [-0.2, -0.15) is 0 Å². The Morgan fingerprint density at radius 3 is 3.12 bits per heavy atom. The molecule has 1 fully saturated rings. The number of benzene rings is 1. The molecule has 1 aromatic carbocycles. The molecular weight excluding hydrogens is 212 g/mol. The summed E-state index contributed by atoms with van der Waals surface area (Å²) < 4.78 is 5.24. The van der Waals surface area contributed by atoms with Gasteiger partial charge < -0.3 is 15.4 Å². The minimum absolute atomic E-state index is 0.368. The van der Waals surface area contributed by atoms with Crippen molar-refractivity contribution in [1.29, 1.82) is 0 Å². The lowest BCUT2D eigenvalue weighted by Gasteiger charge is -2.18. The number of hydrogen-bond acceptors (Lipinski definition) is 3. The van der Waals surface area contributed by atoms with Crippen LogP contribution in [0.5, 0.6) is 5.75 Å². The van der Waals surface area contributed by atoms with Crippen molar-refractivity contribution >= 4 is 0 Å².